The Morgan fingerprint density at radius 2 is 1.92 bits per heavy atom. The van der Waals surface area contributed by atoms with Gasteiger partial charge in [-0.3, -0.25) is 4.79 Å². The van der Waals surface area contributed by atoms with Crippen LogP contribution in [0.15, 0.2) is 66.1 Å². The van der Waals surface area contributed by atoms with Crippen molar-refractivity contribution in [2.24, 2.45) is 0 Å². The molecule has 3 nitrogen and oxygen atoms in total. The van der Waals surface area contributed by atoms with Crippen LogP contribution >= 0.6 is 11.3 Å². The van der Waals surface area contributed by atoms with Crippen molar-refractivity contribution in [3.63, 3.8) is 0 Å². The van der Waals surface area contributed by atoms with E-state index in [0.717, 1.165) is 10.9 Å². The molecule has 3 aromatic rings. The van der Waals surface area contributed by atoms with Gasteiger partial charge in [0, 0.05) is 17.5 Å². The van der Waals surface area contributed by atoms with E-state index in [4.69, 9.17) is 0 Å². The number of thiophene rings is 1. The van der Waals surface area contributed by atoms with E-state index < -0.39 is 0 Å². The van der Waals surface area contributed by atoms with E-state index in [1.54, 1.807) is 17.4 Å². The average molecular weight is 350 g/mol. The van der Waals surface area contributed by atoms with Crippen LogP contribution in [0.5, 0.6) is 0 Å². The van der Waals surface area contributed by atoms with Crippen LogP contribution in [0.2, 0.25) is 0 Å². The fourth-order valence-electron chi connectivity index (χ4n) is 2.84. The Labute approximate surface area is 152 Å². The quantitative estimate of drug-likeness (QED) is 0.671. The summed E-state index contributed by atoms with van der Waals surface area (Å²) in [5, 5.41) is 7.40. The highest BCUT2D eigenvalue weighted by atomic mass is 32.1. The molecular formula is C21H22N2OS. The Balaban J connectivity index is 1.66. The van der Waals surface area contributed by atoms with Crippen LogP contribution < -0.4 is 5.32 Å². The molecular weight excluding hydrogens is 328 g/mol. The third-order valence-electron chi connectivity index (χ3n) is 4.20. The molecule has 1 aromatic heterocycles. The summed E-state index contributed by atoms with van der Waals surface area (Å²) in [6.45, 7) is 0.590. The van der Waals surface area contributed by atoms with Gasteiger partial charge >= 0.3 is 0 Å². The molecule has 0 bridgehead atoms. The highest BCUT2D eigenvalue weighted by Crippen LogP contribution is 2.22. The number of hydrogen-bond acceptors (Lipinski definition) is 3. The Morgan fingerprint density at radius 3 is 2.68 bits per heavy atom. The first-order chi connectivity index (χ1) is 12.1. The molecule has 1 unspecified atom stereocenters. The summed E-state index contributed by atoms with van der Waals surface area (Å²) in [5.74, 6) is -0.0728. The maximum absolute atomic E-state index is 12.2. The second-order valence-corrected chi connectivity index (χ2v) is 7.12. The second-order valence-electron chi connectivity index (χ2n) is 6.14. The summed E-state index contributed by atoms with van der Waals surface area (Å²) >= 11 is 1.71. The first kappa shape index (κ1) is 17.4. The molecule has 0 radical (unpaired) electrons. The molecule has 2 aromatic carbocycles. The molecule has 0 aliphatic rings. The Morgan fingerprint density at radius 1 is 1.12 bits per heavy atom. The molecule has 4 heteroatoms. The molecule has 128 valence electrons. The maximum Gasteiger partial charge on any atom is 0.244 e. The molecule has 3 rings (SSSR count). The first-order valence-electron chi connectivity index (χ1n) is 8.28. The third kappa shape index (κ3) is 4.35. The highest BCUT2D eigenvalue weighted by molar-refractivity contribution is 7.10. The number of nitrogens with one attached hydrogen (secondary N) is 1. The Kier molecular flexibility index (Phi) is 5.64. The molecule has 1 heterocycles. The fourth-order valence-corrected chi connectivity index (χ4v) is 3.76. The normalized spacial score (nSPS) is 12.8. The summed E-state index contributed by atoms with van der Waals surface area (Å²) in [6.07, 6.45) is 3.50. The van der Waals surface area contributed by atoms with E-state index in [9.17, 15) is 4.79 Å². The number of rotatable bonds is 6. The lowest BCUT2D eigenvalue weighted by atomic mass is 10.0. The monoisotopic (exact) mass is 350 g/mol. The zero-order valence-corrected chi connectivity index (χ0v) is 15.3. The first-order valence-corrected chi connectivity index (χ1v) is 9.16. The summed E-state index contributed by atoms with van der Waals surface area (Å²) < 4.78 is 0. The van der Waals surface area contributed by atoms with Crippen LogP contribution in [0.25, 0.3) is 16.8 Å². The average Bonchev–Trinajstić information content (AvgIpc) is 3.14. The van der Waals surface area contributed by atoms with Crippen LogP contribution in [0.3, 0.4) is 0 Å². The predicted molar refractivity (Wildman–Crippen MR) is 107 cm³/mol. The van der Waals surface area contributed by atoms with Gasteiger partial charge in [0.2, 0.25) is 5.91 Å². The zero-order chi connectivity index (χ0) is 17.6. The molecule has 25 heavy (non-hydrogen) atoms. The fraction of sp³-hybridized carbons (Fsp3) is 0.190. The Bertz CT molecular complexity index is 863. The molecule has 1 amide bonds. The molecule has 0 fully saturated rings. The van der Waals surface area contributed by atoms with Gasteiger partial charge in [0.05, 0.1) is 6.04 Å². The molecule has 0 spiro atoms. The lowest BCUT2D eigenvalue weighted by molar-refractivity contribution is -0.116. The van der Waals surface area contributed by atoms with Gasteiger partial charge in [-0.25, -0.2) is 0 Å². The van der Waals surface area contributed by atoms with E-state index in [0.29, 0.717) is 6.54 Å². The molecule has 0 aliphatic carbocycles. The minimum Gasteiger partial charge on any atom is -0.351 e. The van der Waals surface area contributed by atoms with Crippen molar-refractivity contribution in [1.29, 1.82) is 0 Å². The van der Waals surface area contributed by atoms with Gasteiger partial charge < -0.3 is 10.2 Å². The van der Waals surface area contributed by atoms with Gasteiger partial charge in [0.15, 0.2) is 0 Å². The van der Waals surface area contributed by atoms with E-state index in [1.165, 1.54) is 10.3 Å². The molecule has 0 saturated carbocycles. The summed E-state index contributed by atoms with van der Waals surface area (Å²) in [4.78, 5) is 15.6. The van der Waals surface area contributed by atoms with Crippen molar-refractivity contribution in [1.82, 2.24) is 10.2 Å². The van der Waals surface area contributed by atoms with Crippen molar-refractivity contribution in [3.05, 3.63) is 76.5 Å². The van der Waals surface area contributed by atoms with Crippen LogP contribution in [-0.2, 0) is 4.79 Å². The number of carbonyl (C=O) groups excluding carboxylic acids is 1. The molecule has 0 aliphatic heterocycles. The van der Waals surface area contributed by atoms with E-state index in [1.807, 2.05) is 50.5 Å². The summed E-state index contributed by atoms with van der Waals surface area (Å²) in [6, 6.07) is 18.6. The molecule has 0 saturated heterocycles. The Hall–Kier alpha value is -2.43. The van der Waals surface area contributed by atoms with Gasteiger partial charge in [0.1, 0.15) is 0 Å². The number of fused-ring (bicyclic) bond motifs is 1. The van der Waals surface area contributed by atoms with Gasteiger partial charge in [0.25, 0.3) is 0 Å². The van der Waals surface area contributed by atoms with Crippen LogP contribution in [0.4, 0.5) is 0 Å². The lowest BCUT2D eigenvalue weighted by Crippen LogP contribution is -2.33. The standard InChI is InChI=1S/C21H22N2OS/c1-23(2)19(20-11-6-14-25-20)15-22-21(24)13-12-17-9-5-8-16-7-3-4-10-18(16)17/h3-14,19H,15H2,1-2H3,(H,22,24)/b13-12+. The van der Waals surface area contributed by atoms with E-state index in [2.05, 4.69) is 39.9 Å². The topological polar surface area (TPSA) is 32.3 Å². The number of benzene rings is 2. The van der Waals surface area contributed by atoms with Crippen molar-refractivity contribution >= 4 is 34.1 Å². The second kappa shape index (κ2) is 8.10. The number of amides is 1. The minimum atomic E-state index is -0.0728. The van der Waals surface area contributed by atoms with Crippen molar-refractivity contribution in [2.75, 3.05) is 20.6 Å². The number of likely N-dealkylation sites (N-methyl/N-ethyl adjacent to an activating group) is 1. The van der Waals surface area contributed by atoms with Crippen LogP contribution in [-0.4, -0.2) is 31.4 Å². The number of hydrogen-bond donors (Lipinski definition) is 1. The van der Waals surface area contributed by atoms with Crippen LogP contribution in [0, 0.1) is 0 Å². The lowest BCUT2D eigenvalue weighted by Gasteiger charge is -2.23. The van der Waals surface area contributed by atoms with Gasteiger partial charge in [-0.2, -0.15) is 0 Å². The molecule has 1 atom stereocenters. The third-order valence-corrected chi connectivity index (χ3v) is 5.18. The van der Waals surface area contributed by atoms with Gasteiger partial charge in [-0.05, 0) is 48.0 Å². The van der Waals surface area contributed by atoms with E-state index in [-0.39, 0.29) is 11.9 Å². The SMILES string of the molecule is CN(C)C(CNC(=O)/C=C/c1cccc2ccccc12)c1cccs1. The smallest absolute Gasteiger partial charge is 0.244 e. The largest absolute Gasteiger partial charge is 0.351 e. The summed E-state index contributed by atoms with van der Waals surface area (Å²) in [7, 11) is 4.06. The maximum atomic E-state index is 12.2. The van der Waals surface area contributed by atoms with Gasteiger partial charge in [-0.15, -0.1) is 11.3 Å². The minimum absolute atomic E-state index is 0.0728. The predicted octanol–water partition coefficient (Wildman–Crippen LogP) is 4.33. The zero-order valence-electron chi connectivity index (χ0n) is 14.5. The molecule has 1 N–H and O–H groups in total. The van der Waals surface area contributed by atoms with Crippen LogP contribution in [0.1, 0.15) is 16.5 Å². The number of carbonyl (C=O) groups is 1. The van der Waals surface area contributed by atoms with Crippen molar-refractivity contribution in [3.8, 4) is 0 Å². The van der Waals surface area contributed by atoms with Gasteiger partial charge in [-0.1, -0.05) is 48.5 Å². The summed E-state index contributed by atoms with van der Waals surface area (Å²) in [5.41, 5.74) is 1.05. The van der Waals surface area contributed by atoms with Crippen molar-refractivity contribution in [2.45, 2.75) is 6.04 Å². The van der Waals surface area contributed by atoms with E-state index >= 15 is 0 Å². The highest BCUT2D eigenvalue weighted by Gasteiger charge is 2.15. The number of nitrogens with zero attached hydrogens (tertiary/aromatic N) is 1. The van der Waals surface area contributed by atoms with Crippen molar-refractivity contribution < 1.29 is 4.79 Å².